The van der Waals surface area contributed by atoms with Gasteiger partial charge in [0.25, 0.3) is 5.91 Å². The molecule has 0 unspecified atom stereocenters. The third-order valence-corrected chi connectivity index (χ3v) is 5.75. The summed E-state index contributed by atoms with van der Waals surface area (Å²) in [5.41, 5.74) is 1.14. The molecule has 1 saturated heterocycles. The zero-order chi connectivity index (χ0) is 15.4. The minimum Gasteiger partial charge on any atom is -0.340 e. The average Bonchev–Trinajstić information content (AvgIpc) is 3.02. The van der Waals surface area contributed by atoms with E-state index in [1.807, 2.05) is 23.2 Å². The number of aromatic amines is 1. The second-order valence-corrected chi connectivity index (χ2v) is 7.38. The largest absolute Gasteiger partial charge is 0.340 e. The zero-order valence-electron chi connectivity index (χ0n) is 13.0. The fourth-order valence-electron chi connectivity index (χ4n) is 4.36. The number of aromatic nitrogens is 5. The number of nitrogens with one attached hydrogen (secondary N) is 1. The molecule has 5 rings (SSSR count). The number of tetrazole rings is 1. The zero-order valence-corrected chi connectivity index (χ0v) is 13.0. The quantitative estimate of drug-likeness (QED) is 0.936. The summed E-state index contributed by atoms with van der Waals surface area (Å²) in [4.78, 5) is 14.9. The number of carbonyl (C=O) groups excluding carboxylic acids is 1. The first kappa shape index (κ1) is 13.3. The Morgan fingerprint density at radius 1 is 1.35 bits per heavy atom. The molecular weight excluding hydrogens is 292 g/mol. The fourth-order valence-corrected chi connectivity index (χ4v) is 4.36. The van der Waals surface area contributed by atoms with E-state index in [4.69, 9.17) is 0 Å². The van der Waals surface area contributed by atoms with Gasteiger partial charge in [0, 0.05) is 31.2 Å². The smallest absolute Gasteiger partial charge is 0.270 e. The van der Waals surface area contributed by atoms with E-state index in [1.165, 1.54) is 12.8 Å². The first-order chi connectivity index (χ1) is 11.2. The van der Waals surface area contributed by atoms with Gasteiger partial charge in [0.2, 0.25) is 0 Å². The minimum absolute atomic E-state index is 0.196. The predicted molar refractivity (Wildman–Crippen MR) is 81.8 cm³/mol. The van der Waals surface area contributed by atoms with Crippen LogP contribution in [0.25, 0.3) is 0 Å². The topological polar surface area (TPSA) is 79.7 Å². The van der Waals surface area contributed by atoms with Crippen molar-refractivity contribution in [3.63, 3.8) is 0 Å². The van der Waals surface area contributed by atoms with Crippen molar-refractivity contribution in [1.82, 2.24) is 30.1 Å². The van der Waals surface area contributed by atoms with Crippen LogP contribution in [0.3, 0.4) is 0 Å². The van der Waals surface area contributed by atoms with Crippen molar-refractivity contribution in [3.8, 4) is 0 Å². The van der Waals surface area contributed by atoms with E-state index in [1.54, 1.807) is 0 Å². The van der Waals surface area contributed by atoms with Gasteiger partial charge in [-0.05, 0) is 49.7 Å². The molecule has 7 heteroatoms. The molecule has 1 N–H and O–H groups in total. The summed E-state index contributed by atoms with van der Waals surface area (Å²) in [6, 6.07) is 4.51. The number of nitrogens with zero attached hydrogens (tertiary/aromatic N) is 5. The Kier molecular flexibility index (Phi) is 2.69. The van der Waals surface area contributed by atoms with Crippen LogP contribution in [0.5, 0.6) is 0 Å². The highest BCUT2D eigenvalue weighted by atomic mass is 16.2. The van der Waals surface area contributed by atoms with Crippen LogP contribution in [0.4, 0.5) is 0 Å². The van der Waals surface area contributed by atoms with Crippen molar-refractivity contribution in [2.75, 3.05) is 13.1 Å². The molecule has 2 aromatic rings. The fraction of sp³-hybridized carbons (Fsp3) is 0.625. The lowest BCUT2D eigenvalue weighted by Crippen LogP contribution is -2.40. The molecule has 0 aromatic carbocycles. The van der Waals surface area contributed by atoms with Gasteiger partial charge in [0.05, 0.1) is 0 Å². The van der Waals surface area contributed by atoms with Gasteiger partial charge in [0.15, 0.2) is 5.82 Å². The van der Waals surface area contributed by atoms with Crippen molar-refractivity contribution in [3.05, 3.63) is 29.8 Å². The van der Waals surface area contributed by atoms with E-state index in [9.17, 15) is 4.79 Å². The lowest BCUT2D eigenvalue weighted by atomic mass is 9.61. The Bertz CT molecular complexity index is 726. The number of H-pyrrole nitrogens is 1. The molecule has 0 radical (unpaired) electrons. The van der Waals surface area contributed by atoms with Gasteiger partial charge >= 0.3 is 0 Å². The van der Waals surface area contributed by atoms with Crippen LogP contribution in [0.15, 0.2) is 18.3 Å². The van der Waals surface area contributed by atoms with Gasteiger partial charge < -0.3 is 9.47 Å². The van der Waals surface area contributed by atoms with Gasteiger partial charge in [-0.1, -0.05) is 5.21 Å². The van der Waals surface area contributed by atoms with Crippen LogP contribution in [0.1, 0.15) is 60.4 Å². The monoisotopic (exact) mass is 312 g/mol. The van der Waals surface area contributed by atoms with Gasteiger partial charge in [-0.2, -0.15) is 5.21 Å². The van der Waals surface area contributed by atoms with E-state index >= 15 is 0 Å². The lowest BCUT2D eigenvalue weighted by molar-refractivity contribution is 0.0681. The normalized spacial score (nSPS) is 29.9. The molecule has 2 saturated carbocycles. The molecule has 2 aliphatic carbocycles. The molecule has 1 amide bonds. The number of amides is 1. The Balaban J connectivity index is 1.27. The third-order valence-electron chi connectivity index (χ3n) is 5.75. The highest BCUT2D eigenvalue weighted by Gasteiger charge is 2.51. The highest BCUT2D eigenvalue weighted by Crippen LogP contribution is 2.55. The molecule has 0 atom stereocenters. The summed E-state index contributed by atoms with van der Waals surface area (Å²) in [6.07, 6.45) is 7.68. The van der Waals surface area contributed by atoms with Crippen LogP contribution in [-0.2, 0) is 0 Å². The summed E-state index contributed by atoms with van der Waals surface area (Å²) in [6.45, 7) is 1.74. The molecular formula is C16H20N6O. The van der Waals surface area contributed by atoms with Gasteiger partial charge in [-0.3, -0.25) is 4.79 Å². The maximum Gasteiger partial charge on any atom is 0.270 e. The number of hydrogen-bond acceptors (Lipinski definition) is 4. The lowest BCUT2D eigenvalue weighted by Gasteiger charge is -2.43. The Hall–Kier alpha value is -2.18. The van der Waals surface area contributed by atoms with Gasteiger partial charge in [-0.15, -0.1) is 10.2 Å². The predicted octanol–water partition coefficient (Wildman–Crippen LogP) is 1.75. The summed E-state index contributed by atoms with van der Waals surface area (Å²) < 4.78 is 2.16. The van der Waals surface area contributed by atoms with E-state index in [-0.39, 0.29) is 11.3 Å². The standard InChI is InChI=1S/C16H20N6O/c23-15(13-2-1-6-22(13)12-3-4-12)21-7-5-16(10-21)8-11(9-16)14-17-19-20-18-14/h1-2,6,11-12H,3-5,7-10H2,(H,17,18,19,20). The summed E-state index contributed by atoms with van der Waals surface area (Å²) in [7, 11) is 0. The number of carbonyl (C=O) groups is 1. The van der Waals surface area contributed by atoms with E-state index in [2.05, 4.69) is 25.2 Å². The SMILES string of the molecule is O=C(c1cccn1C1CC1)N1CCC2(CC(c3nn[nH]n3)C2)C1. The van der Waals surface area contributed by atoms with Gasteiger partial charge in [0.1, 0.15) is 5.69 Å². The molecule has 3 aliphatic rings. The van der Waals surface area contributed by atoms with Crippen molar-refractivity contribution < 1.29 is 4.79 Å². The van der Waals surface area contributed by atoms with Crippen molar-refractivity contribution >= 4 is 5.91 Å². The Labute approximate surface area is 134 Å². The number of hydrogen-bond donors (Lipinski definition) is 1. The highest BCUT2D eigenvalue weighted by molar-refractivity contribution is 5.93. The summed E-state index contributed by atoms with van der Waals surface area (Å²) >= 11 is 0. The molecule has 3 fully saturated rings. The number of rotatable bonds is 3. The second kappa shape index (κ2) is 4.66. The summed E-state index contributed by atoms with van der Waals surface area (Å²) in [5.74, 6) is 1.42. The molecule has 7 nitrogen and oxygen atoms in total. The van der Waals surface area contributed by atoms with Crippen molar-refractivity contribution in [1.29, 1.82) is 0 Å². The minimum atomic E-state index is 0.196. The van der Waals surface area contributed by atoms with Gasteiger partial charge in [-0.25, -0.2) is 0 Å². The molecule has 0 bridgehead atoms. The Morgan fingerprint density at radius 2 is 2.22 bits per heavy atom. The van der Waals surface area contributed by atoms with Crippen LogP contribution in [0, 0.1) is 5.41 Å². The Morgan fingerprint density at radius 3 is 2.96 bits per heavy atom. The second-order valence-electron chi connectivity index (χ2n) is 7.38. The molecule has 120 valence electrons. The van der Waals surface area contributed by atoms with E-state index < -0.39 is 0 Å². The van der Waals surface area contributed by atoms with Crippen molar-refractivity contribution in [2.24, 2.45) is 5.41 Å². The molecule has 23 heavy (non-hydrogen) atoms. The van der Waals surface area contributed by atoms with E-state index in [0.717, 1.165) is 43.9 Å². The first-order valence-electron chi connectivity index (χ1n) is 8.44. The van der Waals surface area contributed by atoms with Crippen LogP contribution < -0.4 is 0 Å². The maximum absolute atomic E-state index is 12.9. The first-order valence-corrected chi connectivity index (χ1v) is 8.44. The molecule has 1 aliphatic heterocycles. The van der Waals surface area contributed by atoms with Crippen molar-refractivity contribution in [2.45, 2.75) is 44.1 Å². The third kappa shape index (κ3) is 2.09. The van der Waals surface area contributed by atoms with Crippen LogP contribution in [0.2, 0.25) is 0 Å². The molecule has 2 aromatic heterocycles. The summed E-state index contributed by atoms with van der Waals surface area (Å²) in [5, 5.41) is 14.4. The maximum atomic E-state index is 12.9. The molecule has 3 heterocycles. The van der Waals surface area contributed by atoms with Crippen LogP contribution >= 0.6 is 0 Å². The number of likely N-dealkylation sites (tertiary alicyclic amines) is 1. The van der Waals surface area contributed by atoms with E-state index in [0.29, 0.717) is 12.0 Å². The van der Waals surface area contributed by atoms with Crippen LogP contribution in [-0.4, -0.2) is 49.1 Å². The average molecular weight is 312 g/mol. The molecule has 1 spiro atoms.